The highest BCUT2D eigenvalue weighted by molar-refractivity contribution is 6.34. The van der Waals surface area contributed by atoms with Gasteiger partial charge in [-0.25, -0.2) is 4.68 Å². The van der Waals surface area contributed by atoms with E-state index in [0.717, 1.165) is 36.8 Å². The van der Waals surface area contributed by atoms with Gasteiger partial charge in [-0.05, 0) is 12.5 Å². The van der Waals surface area contributed by atoms with Crippen LogP contribution in [0.1, 0.15) is 23.3 Å². The second kappa shape index (κ2) is 6.76. The maximum atomic E-state index is 12.3. The van der Waals surface area contributed by atoms with Crippen molar-refractivity contribution >= 4 is 28.4 Å². The second-order valence-electron chi connectivity index (χ2n) is 5.95. The molecule has 1 aliphatic rings. The van der Waals surface area contributed by atoms with Gasteiger partial charge < -0.3 is 10.1 Å². The van der Waals surface area contributed by atoms with Crippen LogP contribution in [0.3, 0.4) is 0 Å². The van der Waals surface area contributed by atoms with Gasteiger partial charge in [0, 0.05) is 37.6 Å². The van der Waals surface area contributed by atoms with Gasteiger partial charge in [-0.3, -0.25) is 9.48 Å². The Morgan fingerprint density at radius 3 is 3.04 bits per heavy atom. The third kappa shape index (κ3) is 3.19. The SMILES string of the molecule is O=C(NCCCn1cc2ccccc2n1)c1nn2c(c1Cl)OCCC2. The van der Waals surface area contributed by atoms with E-state index in [9.17, 15) is 4.79 Å². The fraction of sp³-hybridized carbons (Fsp3) is 0.353. The number of hydrogen-bond acceptors (Lipinski definition) is 4. The normalized spacial score (nSPS) is 13.5. The molecule has 0 spiro atoms. The predicted octanol–water partition coefficient (Wildman–Crippen LogP) is 2.49. The molecule has 1 N–H and O–H groups in total. The van der Waals surface area contributed by atoms with Crippen LogP contribution in [0.4, 0.5) is 0 Å². The van der Waals surface area contributed by atoms with E-state index in [1.165, 1.54) is 0 Å². The van der Waals surface area contributed by atoms with Crippen LogP contribution in [0.25, 0.3) is 10.9 Å². The number of hydrogen-bond donors (Lipinski definition) is 1. The number of nitrogens with one attached hydrogen (secondary N) is 1. The molecule has 0 aliphatic carbocycles. The van der Waals surface area contributed by atoms with Gasteiger partial charge in [0.1, 0.15) is 5.02 Å². The van der Waals surface area contributed by atoms with E-state index in [1.807, 2.05) is 35.1 Å². The lowest BCUT2D eigenvalue weighted by atomic mass is 10.3. The van der Waals surface area contributed by atoms with Crippen molar-refractivity contribution in [2.24, 2.45) is 0 Å². The first-order valence-corrected chi connectivity index (χ1v) is 8.69. The first-order chi connectivity index (χ1) is 12.2. The summed E-state index contributed by atoms with van der Waals surface area (Å²) in [6.07, 6.45) is 3.64. The van der Waals surface area contributed by atoms with Crippen molar-refractivity contribution in [2.75, 3.05) is 13.2 Å². The van der Waals surface area contributed by atoms with Crippen LogP contribution in [0, 0.1) is 0 Å². The van der Waals surface area contributed by atoms with Gasteiger partial charge in [0.25, 0.3) is 5.91 Å². The lowest BCUT2D eigenvalue weighted by molar-refractivity contribution is 0.0947. The van der Waals surface area contributed by atoms with Crippen LogP contribution < -0.4 is 10.1 Å². The molecule has 0 bridgehead atoms. The summed E-state index contributed by atoms with van der Waals surface area (Å²) in [4.78, 5) is 12.3. The zero-order valence-electron chi connectivity index (χ0n) is 13.6. The summed E-state index contributed by atoms with van der Waals surface area (Å²) >= 11 is 6.21. The summed E-state index contributed by atoms with van der Waals surface area (Å²) in [6.45, 7) is 2.57. The highest BCUT2D eigenvalue weighted by atomic mass is 35.5. The lowest BCUT2D eigenvalue weighted by Gasteiger charge is -2.14. The molecule has 2 aromatic heterocycles. The first-order valence-electron chi connectivity index (χ1n) is 8.32. The Morgan fingerprint density at radius 2 is 2.20 bits per heavy atom. The Morgan fingerprint density at radius 1 is 1.32 bits per heavy atom. The number of amides is 1. The Bertz CT molecular complexity index is 884. The number of halogens is 1. The van der Waals surface area contributed by atoms with Gasteiger partial charge in [0.05, 0.1) is 12.1 Å². The molecular formula is C17H18ClN5O2. The van der Waals surface area contributed by atoms with Crippen molar-refractivity contribution in [3.63, 3.8) is 0 Å². The van der Waals surface area contributed by atoms with Crippen molar-refractivity contribution in [3.8, 4) is 5.88 Å². The monoisotopic (exact) mass is 359 g/mol. The summed E-state index contributed by atoms with van der Waals surface area (Å²) in [5.41, 5.74) is 1.20. The standard InChI is InChI=1S/C17H18ClN5O2/c18-14-15(21-23-9-4-10-25-17(14)23)16(24)19-7-3-8-22-11-12-5-1-2-6-13(12)20-22/h1-2,5-6,11H,3-4,7-10H2,(H,19,24). The predicted molar refractivity (Wildman–Crippen MR) is 94.0 cm³/mol. The number of ether oxygens (including phenoxy) is 1. The molecule has 0 saturated heterocycles. The van der Waals surface area contributed by atoms with Gasteiger partial charge in [-0.15, -0.1) is 0 Å². The number of carbonyl (C=O) groups is 1. The summed E-state index contributed by atoms with van der Waals surface area (Å²) in [5, 5.41) is 13.0. The Balaban J connectivity index is 1.32. The molecule has 0 radical (unpaired) electrons. The van der Waals surface area contributed by atoms with E-state index < -0.39 is 0 Å². The van der Waals surface area contributed by atoms with Crippen LogP contribution in [0.2, 0.25) is 5.02 Å². The van der Waals surface area contributed by atoms with Crippen molar-refractivity contribution in [2.45, 2.75) is 25.9 Å². The minimum atomic E-state index is -0.277. The summed E-state index contributed by atoms with van der Waals surface area (Å²) in [5.74, 6) is 0.211. The second-order valence-corrected chi connectivity index (χ2v) is 6.33. The molecular weight excluding hydrogens is 342 g/mol. The fourth-order valence-corrected chi connectivity index (χ4v) is 3.17. The number of aromatic nitrogens is 4. The quantitative estimate of drug-likeness (QED) is 0.710. The van der Waals surface area contributed by atoms with Crippen LogP contribution in [0.15, 0.2) is 30.5 Å². The first kappa shape index (κ1) is 16.0. The van der Waals surface area contributed by atoms with E-state index in [0.29, 0.717) is 19.0 Å². The number of aryl methyl sites for hydroxylation is 2. The maximum Gasteiger partial charge on any atom is 0.273 e. The smallest absolute Gasteiger partial charge is 0.273 e. The fourth-order valence-electron chi connectivity index (χ4n) is 2.90. The van der Waals surface area contributed by atoms with Gasteiger partial charge in [-0.2, -0.15) is 10.2 Å². The van der Waals surface area contributed by atoms with Crippen LogP contribution in [-0.2, 0) is 13.1 Å². The molecule has 1 aliphatic heterocycles. The van der Waals surface area contributed by atoms with E-state index in [1.54, 1.807) is 4.68 Å². The average Bonchev–Trinajstić information content (AvgIpc) is 3.20. The molecule has 0 atom stereocenters. The topological polar surface area (TPSA) is 74.0 Å². The largest absolute Gasteiger partial charge is 0.477 e. The molecule has 130 valence electrons. The van der Waals surface area contributed by atoms with E-state index in [4.69, 9.17) is 16.3 Å². The Kier molecular flexibility index (Phi) is 4.31. The van der Waals surface area contributed by atoms with Gasteiger partial charge in [-0.1, -0.05) is 29.8 Å². The Labute approximate surface area is 149 Å². The van der Waals surface area contributed by atoms with Gasteiger partial charge in [0.15, 0.2) is 5.69 Å². The maximum absolute atomic E-state index is 12.3. The molecule has 0 saturated carbocycles. The van der Waals surface area contributed by atoms with E-state index in [2.05, 4.69) is 15.5 Å². The molecule has 0 fully saturated rings. The molecule has 3 heterocycles. The van der Waals surface area contributed by atoms with E-state index >= 15 is 0 Å². The average molecular weight is 360 g/mol. The molecule has 1 aromatic carbocycles. The molecule has 3 aromatic rings. The lowest BCUT2D eigenvalue weighted by Crippen LogP contribution is -2.26. The summed E-state index contributed by atoms with van der Waals surface area (Å²) in [6, 6.07) is 7.98. The van der Waals surface area contributed by atoms with Crippen molar-refractivity contribution < 1.29 is 9.53 Å². The number of benzene rings is 1. The van der Waals surface area contributed by atoms with Crippen LogP contribution >= 0.6 is 11.6 Å². The third-order valence-electron chi connectivity index (χ3n) is 4.13. The zero-order chi connectivity index (χ0) is 17.2. The zero-order valence-corrected chi connectivity index (χ0v) is 14.4. The van der Waals surface area contributed by atoms with Crippen molar-refractivity contribution in [3.05, 3.63) is 41.2 Å². The highest BCUT2D eigenvalue weighted by Crippen LogP contribution is 2.30. The molecule has 4 rings (SSSR count). The minimum absolute atomic E-state index is 0.225. The Hall–Kier alpha value is -2.54. The third-order valence-corrected chi connectivity index (χ3v) is 4.47. The molecule has 8 heteroatoms. The molecule has 1 amide bonds. The minimum Gasteiger partial charge on any atom is -0.477 e. The van der Waals surface area contributed by atoms with Gasteiger partial charge >= 0.3 is 0 Å². The highest BCUT2D eigenvalue weighted by Gasteiger charge is 2.24. The molecule has 25 heavy (non-hydrogen) atoms. The van der Waals surface area contributed by atoms with E-state index in [-0.39, 0.29) is 16.6 Å². The van der Waals surface area contributed by atoms with Crippen molar-refractivity contribution in [1.82, 2.24) is 24.9 Å². The number of fused-ring (bicyclic) bond motifs is 2. The van der Waals surface area contributed by atoms with Crippen LogP contribution in [0.5, 0.6) is 5.88 Å². The summed E-state index contributed by atoms with van der Waals surface area (Å²) < 4.78 is 9.02. The van der Waals surface area contributed by atoms with Crippen molar-refractivity contribution in [1.29, 1.82) is 0 Å². The number of rotatable bonds is 5. The van der Waals surface area contributed by atoms with Crippen LogP contribution in [-0.4, -0.2) is 38.6 Å². The number of carbonyl (C=O) groups excluding carboxylic acids is 1. The van der Waals surface area contributed by atoms with Gasteiger partial charge in [0.2, 0.25) is 5.88 Å². The molecule has 7 nitrogen and oxygen atoms in total. The molecule has 0 unspecified atom stereocenters. The number of nitrogens with zero attached hydrogens (tertiary/aromatic N) is 4. The summed E-state index contributed by atoms with van der Waals surface area (Å²) in [7, 11) is 0.